The van der Waals surface area contributed by atoms with Crippen molar-refractivity contribution in [3.8, 4) is 5.75 Å². The van der Waals surface area contributed by atoms with Gasteiger partial charge in [-0.15, -0.1) is 24.8 Å². The summed E-state index contributed by atoms with van der Waals surface area (Å²) in [5, 5.41) is 11.4. The molecule has 0 bridgehead atoms. The second-order valence-electron chi connectivity index (χ2n) is 3.51. The Morgan fingerprint density at radius 3 is 2.47 bits per heavy atom. The van der Waals surface area contributed by atoms with Crippen LogP contribution in [0.25, 0.3) is 0 Å². The summed E-state index contributed by atoms with van der Waals surface area (Å²) in [5.74, 6) is -0.634. The highest BCUT2D eigenvalue weighted by atomic mass is 35.5. The minimum atomic E-state index is -4.87. The second-order valence-corrected chi connectivity index (χ2v) is 4.60. The summed E-state index contributed by atoms with van der Waals surface area (Å²) in [6, 6.07) is 2.34. The molecule has 1 rings (SSSR count). The first-order valence-electron chi connectivity index (χ1n) is 4.95. The van der Waals surface area contributed by atoms with Gasteiger partial charge in [-0.1, -0.05) is 23.2 Å². The summed E-state index contributed by atoms with van der Waals surface area (Å²) in [6.07, 6.45) is -5.72. The average molecular weight is 339 g/mol. The lowest BCUT2D eigenvalue weighted by molar-refractivity contribution is -0.274. The minimum Gasteiger partial charge on any atom is -0.404 e. The quantitative estimate of drug-likeness (QED) is 0.800. The molecule has 108 valence electrons. The number of ether oxygens (including phenoxy) is 1. The van der Waals surface area contributed by atoms with Crippen LogP contribution in [0.2, 0.25) is 10.0 Å². The molecule has 9 heteroatoms. The molecule has 0 radical (unpaired) electrons. The molecule has 1 aromatic rings. The molecule has 0 aromatic heterocycles. The van der Waals surface area contributed by atoms with E-state index >= 15 is 0 Å². The van der Waals surface area contributed by atoms with Gasteiger partial charge in [0, 0.05) is 18.3 Å². The van der Waals surface area contributed by atoms with Crippen LogP contribution in [0.5, 0.6) is 5.75 Å². The zero-order valence-corrected chi connectivity index (χ0v) is 11.5. The maximum atomic E-state index is 12.2. The number of rotatable bonds is 5. The molecule has 0 fully saturated rings. The molecular formula is C10H9Cl3F3NO2. The van der Waals surface area contributed by atoms with Crippen molar-refractivity contribution in [1.29, 1.82) is 0 Å². The van der Waals surface area contributed by atoms with Crippen LogP contribution in [-0.4, -0.2) is 30.0 Å². The van der Waals surface area contributed by atoms with E-state index in [4.69, 9.17) is 34.8 Å². The molecule has 19 heavy (non-hydrogen) atoms. The molecule has 1 aromatic carbocycles. The molecule has 3 nitrogen and oxygen atoms in total. The molecule has 1 atom stereocenters. The van der Waals surface area contributed by atoms with Crippen molar-refractivity contribution >= 4 is 40.5 Å². The van der Waals surface area contributed by atoms with Gasteiger partial charge in [-0.2, -0.15) is 0 Å². The van der Waals surface area contributed by atoms with Gasteiger partial charge in [0.05, 0.1) is 17.0 Å². The fourth-order valence-electron chi connectivity index (χ4n) is 1.16. The summed E-state index contributed by atoms with van der Waals surface area (Å²) < 4.78 is 40.2. The number of hydrogen-bond acceptors (Lipinski definition) is 3. The van der Waals surface area contributed by atoms with Crippen molar-refractivity contribution in [2.75, 3.05) is 17.7 Å². The summed E-state index contributed by atoms with van der Waals surface area (Å²) in [4.78, 5) is 0. The molecular weight excluding hydrogens is 329 g/mol. The van der Waals surface area contributed by atoms with Crippen LogP contribution in [0, 0.1) is 0 Å². The minimum absolute atomic E-state index is 0.0137. The van der Waals surface area contributed by atoms with E-state index in [0.717, 1.165) is 6.07 Å². The number of anilines is 1. The summed E-state index contributed by atoms with van der Waals surface area (Å²) in [6.45, 7) is 0.0485. The molecule has 0 heterocycles. The SMILES string of the molecule is OC(CCl)CNc1cc(Cl)c(Cl)c(OC(F)(F)F)c1. The molecule has 2 N–H and O–H groups in total. The van der Waals surface area contributed by atoms with E-state index < -0.39 is 18.2 Å². The van der Waals surface area contributed by atoms with Crippen LogP contribution < -0.4 is 10.1 Å². The van der Waals surface area contributed by atoms with Gasteiger partial charge < -0.3 is 15.2 Å². The van der Waals surface area contributed by atoms with Crippen molar-refractivity contribution in [3.05, 3.63) is 22.2 Å². The Kier molecular flexibility index (Phi) is 5.85. The lowest BCUT2D eigenvalue weighted by Gasteiger charge is -2.15. The fourth-order valence-corrected chi connectivity index (χ4v) is 1.62. The Bertz CT molecular complexity index is 443. The van der Waals surface area contributed by atoms with Crippen molar-refractivity contribution < 1.29 is 23.0 Å². The first-order chi connectivity index (χ1) is 8.73. The van der Waals surface area contributed by atoms with E-state index in [1.807, 2.05) is 0 Å². The van der Waals surface area contributed by atoms with Gasteiger partial charge in [0.25, 0.3) is 0 Å². The third kappa shape index (κ3) is 5.52. The largest absolute Gasteiger partial charge is 0.573 e. The van der Waals surface area contributed by atoms with Crippen LogP contribution in [-0.2, 0) is 0 Å². The van der Waals surface area contributed by atoms with E-state index in [9.17, 15) is 18.3 Å². The Hall–Kier alpha value is -0.560. The highest BCUT2D eigenvalue weighted by Crippen LogP contribution is 2.38. The number of alkyl halides is 4. The predicted molar refractivity (Wildman–Crippen MR) is 68.4 cm³/mol. The lowest BCUT2D eigenvalue weighted by Crippen LogP contribution is -2.21. The van der Waals surface area contributed by atoms with Crippen molar-refractivity contribution in [2.45, 2.75) is 12.5 Å². The molecule has 0 aliphatic heterocycles. The number of benzene rings is 1. The third-order valence-corrected chi connectivity index (χ3v) is 3.08. The molecule has 0 saturated heterocycles. The number of aliphatic hydroxyl groups is 1. The van der Waals surface area contributed by atoms with Crippen molar-refractivity contribution in [3.63, 3.8) is 0 Å². The maximum Gasteiger partial charge on any atom is 0.573 e. The van der Waals surface area contributed by atoms with E-state index in [-0.39, 0.29) is 28.2 Å². The molecule has 0 aliphatic rings. The van der Waals surface area contributed by atoms with E-state index in [1.54, 1.807) is 0 Å². The van der Waals surface area contributed by atoms with E-state index in [2.05, 4.69) is 10.1 Å². The Morgan fingerprint density at radius 2 is 1.95 bits per heavy atom. The number of halogens is 6. The van der Waals surface area contributed by atoms with E-state index in [0.29, 0.717) is 0 Å². The average Bonchev–Trinajstić information content (AvgIpc) is 2.30. The first-order valence-corrected chi connectivity index (χ1v) is 6.24. The Balaban J connectivity index is 2.90. The Morgan fingerprint density at radius 1 is 1.32 bits per heavy atom. The number of hydrogen-bond donors (Lipinski definition) is 2. The van der Waals surface area contributed by atoms with Crippen LogP contribution >= 0.6 is 34.8 Å². The molecule has 1 unspecified atom stereocenters. The second kappa shape index (κ2) is 6.74. The molecule has 0 spiro atoms. The highest BCUT2D eigenvalue weighted by Gasteiger charge is 2.32. The van der Waals surface area contributed by atoms with Gasteiger partial charge in [-0.05, 0) is 6.07 Å². The first kappa shape index (κ1) is 16.5. The van der Waals surface area contributed by atoms with Gasteiger partial charge in [0.2, 0.25) is 0 Å². The van der Waals surface area contributed by atoms with Gasteiger partial charge in [0.1, 0.15) is 5.02 Å². The van der Waals surface area contributed by atoms with Gasteiger partial charge in [-0.25, -0.2) is 0 Å². The summed E-state index contributed by atoms with van der Waals surface area (Å²) in [5.41, 5.74) is 0.220. The summed E-state index contributed by atoms with van der Waals surface area (Å²) in [7, 11) is 0. The standard InChI is InChI=1S/C10H9Cl3F3NO2/c11-3-6(18)4-17-5-1-7(12)9(13)8(2-5)19-10(14,15)16/h1-2,6,17-18H,3-4H2. The Labute approximate surface area is 122 Å². The lowest BCUT2D eigenvalue weighted by atomic mass is 10.3. The monoisotopic (exact) mass is 337 g/mol. The fraction of sp³-hybridized carbons (Fsp3) is 0.400. The van der Waals surface area contributed by atoms with Crippen LogP contribution in [0.15, 0.2) is 12.1 Å². The third-order valence-electron chi connectivity index (χ3n) is 1.94. The zero-order valence-electron chi connectivity index (χ0n) is 9.27. The van der Waals surface area contributed by atoms with Gasteiger partial charge in [0.15, 0.2) is 5.75 Å². The number of aliphatic hydroxyl groups excluding tert-OH is 1. The van der Waals surface area contributed by atoms with Crippen LogP contribution in [0.3, 0.4) is 0 Å². The summed E-state index contributed by atoms with van der Waals surface area (Å²) >= 11 is 16.7. The van der Waals surface area contributed by atoms with Crippen LogP contribution in [0.1, 0.15) is 0 Å². The molecule has 0 saturated carbocycles. The highest BCUT2D eigenvalue weighted by molar-refractivity contribution is 6.43. The van der Waals surface area contributed by atoms with E-state index in [1.165, 1.54) is 6.07 Å². The topological polar surface area (TPSA) is 41.5 Å². The van der Waals surface area contributed by atoms with Gasteiger partial charge in [-0.3, -0.25) is 0 Å². The number of nitrogens with one attached hydrogen (secondary N) is 1. The zero-order chi connectivity index (χ0) is 14.6. The van der Waals surface area contributed by atoms with Crippen molar-refractivity contribution in [2.24, 2.45) is 0 Å². The van der Waals surface area contributed by atoms with Crippen molar-refractivity contribution in [1.82, 2.24) is 0 Å². The molecule has 0 amide bonds. The maximum absolute atomic E-state index is 12.2. The smallest absolute Gasteiger partial charge is 0.404 e. The molecule has 0 aliphatic carbocycles. The van der Waals surface area contributed by atoms with Crippen LogP contribution in [0.4, 0.5) is 18.9 Å². The predicted octanol–water partition coefficient (Wildman–Crippen LogP) is 3.90. The van der Waals surface area contributed by atoms with Gasteiger partial charge >= 0.3 is 6.36 Å². The normalized spacial score (nSPS) is 13.2.